The van der Waals surface area contributed by atoms with Crippen molar-refractivity contribution in [3.63, 3.8) is 0 Å². The summed E-state index contributed by atoms with van der Waals surface area (Å²) < 4.78 is 0. The molecule has 3 nitrogen and oxygen atoms in total. The highest BCUT2D eigenvalue weighted by Crippen LogP contribution is 2.23. The Hall–Kier alpha value is -1.74. The summed E-state index contributed by atoms with van der Waals surface area (Å²) in [6.45, 7) is 3.18. The van der Waals surface area contributed by atoms with Gasteiger partial charge in [-0.15, -0.1) is 0 Å². The number of nitrogens with zero attached hydrogens (tertiary/aromatic N) is 2. The molecule has 0 radical (unpaired) electrons. The van der Waals surface area contributed by atoms with Gasteiger partial charge < -0.3 is 5.32 Å². The molecule has 3 rings (SSSR count). The fraction of sp³-hybridized carbons (Fsp3) is 0.375. The minimum atomic E-state index is 0.318. The van der Waals surface area contributed by atoms with Gasteiger partial charge in [0.2, 0.25) is 0 Å². The Morgan fingerprint density at radius 1 is 1.21 bits per heavy atom. The lowest BCUT2D eigenvalue weighted by atomic mass is 10.0. The smallest absolute Gasteiger partial charge is 0.145 e. The number of nitrogens with one attached hydrogen (secondary N) is 1. The summed E-state index contributed by atoms with van der Waals surface area (Å²) >= 11 is 0. The first kappa shape index (κ1) is 12.3. The van der Waals surface area contributed by atoms with Crippen molar-refractivity contribution in [1.82, 2.24) is 15.3 Å². The minimum Gasteiger partial charge on any atom is -0.307 e. The van der Waals surface area contributed by atoms with Crippen LogP contribution in [-0.2, 0) is 0 Å². The van der Waals surface area contributed by atoms with Crippen LogP contribution in [0.1, 0.15) is 36.7 Å². The second kappa shape index (κ2) is 5.49. The van der Waals surface area contributed by atoms with Gasteiger partial charge in [-0.05, 0) is 38.4 Å². The van der Waals surface area contributed by atoms with Crippen molar-refractivity contribution in [2.75, 3.05) is 6.54 Å². The number of benzene rings is 1. The predicted molar refractivity (Wildman–Crippen MR) is 76.8 cm³/mol. The molecule has 1 aromatic carbocycles. The highest BCUT2D eigenvalue weighted by atomic mass is 15.0. The molecule has 0 aliphatic carbocycles. The summed E-state index contributed by atoms with van der Waals surface area (Å²) in [6.07, 6.45) is 5.53. The second-order valence-corrected chi connectivity index (χ2v) is 5.17. The third-order valence-corrected chi connectivity index (χ3v) is 3.61. The summed E-state index contributed by atoms with van der Waals surface area (Å²) in [4.78, 5) is 9.17. The van der Waals surface area contributed by atoms with Crippen LogP contribution in [0.3, 0.4) is 0 Å². The quantitative estimate of drug-likeness (QED) is 0.892. The first-order valence-corrected chi connectivity index (χ1v) is 6.96. The first-order chi connectivity index (χ1) is 9.33. The lowest BCUT2D eigenvalue weighted by molar-refractivity contribution is 0.397. The van der Waals surface area contributed by atoms with E-state index in [0.717, 1.165) is 24.5 Å². The van der Waals surface area contributed by atoms with E-state index in [9.17, 15) is 0 Å². The molecule has 0 saturated carbocycles. The Morgan fingerprint density at radius 2 is 2.16 bits per heavy atom. The van der Waals surface area contributed by atoms with Crippen LogP contribution in [0.4, 0.5) is 0 Å². The fourth-order valence-corrected chi connectivity index (χ4v) is 2.58. The van der Waals surface area contributed by atoms with Crippen molar-refractivity contribution >= 4 is 0 Å². The highest BCUT2D eigenvalue weighted by Gasteiger charge is 2.17. The SMILES string of the molecule is Cc1cccc(-c2ccnc(C3CCCCN3)n2)c1. The Balaban J connectivity index is 1.91. The van der Waals surface area contributed by atoms with Gasteiger partial charge >= 0.3 is 0 Å². The molecule has 0 spiro atoms. The van der Waals surface area contributed by atoms with E-state index < -0.39 is 0 Å². The average molecular weight is 253 g/mol. The molecule has 1 unspecified atom stereocenters. The first-order valence-electron chi connectivity index (χ1n) is 6.96. The molecule has 98 valence electrons. The monoisotopic (exact) mass is 253 g/mol. The van der Waals surface area contributed by atoms with E-state index >= 15 is 0 Å². The summed E-state index contributed by atoms with van der Waals surface area (Å²) in [5, 5.41) is 3.50. The minimum absolute atomic E-state index is 0.318. The standard InChI is InChI=1S/C16H19N3/c1-12-5-4-6-13(11-12)14-8-10-18-16(19-14)15-7-2-3-9-17-15/h4-6,8,10-11,15,17H,2-3,7,9H2,1H3. The van der Waals surface area contributed by atoms with Gasteiger partial charge in [-0.1, -0.05) is 30.2 Å². The van der Waals surface area contributed by atoms with Gasteiger partial charge in [-0.2, -0.15) is 0 Å². The molecule has 1 N–H and O–H groups in total. The molecule has 19 heavy (non-hydrogen) atoms. The van der Waals surface area contributed by atoms with Crippen molar-refractivity contribution < 1.29 is 0 Å². The molecule has 1 aromatic heterocycles. The number of rotatable bonds is 2. The summed E-state index contributed by atoms with van der Waals surface area (Å²) in [5.74, 6) is 0.929. The fourth-order valence-electron chi connectivity index (χ4n) is 2.58. The number of aromatic nitrogens is 2. The van der Waals surface area contributed by atoms with Gasteiger partial charge in [0.15, 0.2) is 0 Å². The van der Waals surface area contributed by atoms with Crippen LogP contribution >= 0.6 is 0 Å². The van der Waals surface area contributed by atoms with Crippen molar-refractivity contribution in [3.8, 4) is 11.3 Å². The van der Waals surface area contributed by atoms with Crippen LogP contribution in [0, 0.1) is 6.92 Å². The molecular formula is C16H19N3. The van der Waals surface area contributed by atoms with Crippen LogP contribution in [0.5, 0.6) is 0 Å². The Kier molecular flexibility index (Phi) is 3.56. The largest absolute Gasteiger partial charge is 0.307 e. The molecule has 2 aromatic rings. The van der Waals surface area contributed by atoms with E-state index in [4.69, 9.17) is 4.98 Å². The van der Waals surface area contributed by atoms with Crippen molar-refractivity contribution in [3.05, 3.63) is 47.9 Å². The van der Waals surface area contributed by atoms with Gasteiger partial charge in [-0.3, -0.25) is 0 Å². The normalized spacial score (nSPS) is 19.3. The maximum Gasteiger partial charge on any atom is 0.145 e. The van der Waals surface area contributed by atoms with Gasteiger partial charge in [0.1, 0.15) is 5.82 Å². The second-order valence-electron chi connectivity index (χ2n) is 5.17. The molecule has 1 atom stereocenters. The zero-order valence-electron chi connectivity index (χ0n) is 11.3. The molecule has 1 fully saturated rings. The van der Waals surface area contributed by atoms with Gasteiger partial charge in [0, 0.05) is 11.8 Å². The average Bonchev–Trinajstić information content (AvgIpc) is 2.48. The topological polar surface area (TPSA) is 37.8 Å². The predicted octanol–water partition coefficient (Wildman–Crippen LogP) is 3.27. The lowest BCUT2D eigenvalue weighted by Gasteiger charge is -2.22. The van der Waals surface area contributed by atoms with E-state index in [1.165, 1.54) is 24.0 Å². The summed E-state index contributed by atoms with van der Waals surface area (Å²) in [5.41, 5.74) is 3.44. The van der Waals surface area contributed by atoms with Gasteiger partial charge in [0.25, 0.3) is 0 Å². The van der Waals surface area contributed by atoms with Crippen LogP contribution in [-0.4, -0.2) is 16.5 Å². The summed E-state index contributed by atoms with van der Waals surface area (Å²) in [6, 6.07) is 10.8. The molecule has 1 aliphatic heterocycles. The van der Waals surface area contributed by atoms with E-state index in [2.05, 4.69) is 41.5 Å². The highest BCUT2D eigenvalue weighted by molar-refractivity contribution is 5.59. The molecule has 2 heterocycles. The number of hydrogen-bond acceptors (Lipinski definition) is 3. The summed E-state index contributed by atoms with van der Waals surface area (Å²) in [7, 11) is 0. The van der Waals surface area contributed by atoms with Crippen LogP contribution in [0.15, 0.2) is 36.5 Å². The molecule has 1 aliphatic rings. The van der Waals surface area contributed by atoms with Crippen molar-refractivity contribution in [1.29, 1.82) is 0 Å². The molecule has 3 heteroatoms. The van der Waals surface area contributed by atoms with Crippen LogP contribution in [0.2, 0.25) is 0 Å². The lowest BCUT2D eigenvalue weighted by Crippen LogP contribution is -2.28. The van der Waals surface area contributed by atoms with Crippen LogP contribution < -0.4 is 5.32 Å². The number of aryl methyl sites for hydroxylation is 1. The molecular weight excluding hydrogens is 234 g/mol. The zero-order valence-corrected chi connectivity index (χ0v) is 11.3. The zero-order chi connectivity index (χ0) is 13.1. The molecule has 1 saturated heterocycles. The number of piperidine rings is 1. The Morgan fingerprint density at radius 3 is 2.95 bits per heavy atom. The van der Waals surface area contributed by atoms with Crippen molar-refractivity contribution in [2.24, 2.45) is 0 Å². The van der Waals surface area contributed by atoms with Gasteiger partial charge in [0.05, 0.1) is 11.7 Å². The maximum atomic E-state index is 4.73. The van der Waals surface area contributed by atoms with E-state index in [1.807, 2.05) is 12.3 Å². The molecule has 0 bridgehead atoms. The molecule has 0 amide bonds. The number of hydrogen-bond donors (Lipinski definition) is 1. The van der Waals surface area contributed by atoms with Crippen molar-refractivity contribution in [2.45, 2.75) is 32.2 Å². The van der Waals surface area contributed by atoms with E-state index in [1.54, 1.807) is 0 Å². The third-order valence-electron chi connectivity index (χ3n) is 3.61. The maximum absolute atomic E-state index is 4.73. The van der Waals surface area contributed by atoms with Gasteiger partial charge in [-0.25, -0.2) is 9.97 Å². The Bertz CT molecular complexity index is 559. The van der Waals surface area contributed by atoms with E-state index in [-0.39, 0.29) is 0 Å². The third kappa shape index (κ3) is 2.82. The Labute approximate surface area is 114 Å². The van der Waals surface area contributed by atoms with Crippen LogP contribution in [0.25, 0.3) is 11.3 Å². The van der Waals surface area contributed by atoms with E-state index in [0.29, 0.717) is 6.04 Å².